The van der Waals surface area contributed by atoms with E-state index < -0.39 is 15.8 Å². The van der Waals surface area contributed by atoms with Gasteiger partial charge in [0.15, 0.2) is 11.6 Å². The fraction of sp³-hybridized carbons (Fsp3) is 0.150. The number of nitrogens with one attached hydrogen (secondary N) is 3. The zero-order valence-electron chi connectivity index (χ0n) is 17.4. The predicted molar refractivity (Wildman–Crippen MR) is 122 cm³/mol. The fourth-order valence-corrected chi connectivity index (χ4v) is 3.77. The molecule has 12 heteroatoms. The lowest BCUT2D eigenvalue weighted by molar-refractivity contribution is 0.607. The van der Waals surface area contributed by atoms with Gasteiger partial charge < -0.3 is 10.6 Å². The van der Waals surface area contributed by atoms with Crippen molar-refractivity contribution in [2.75, 3.05) is 21.6 Å². The van der Waals surface area contributed by atoms with Gasteiger partial charge in [0.05, 0.1) is 23.5 Å². The molecule has 0 bridgehead atoms. The maximum Gasteiger partial charge on any atom is 0.328 e. The number of aryl methyl sites for hydroxylation is 2. The first-order valence-corrected chi connectivity index (χ1v) is 11.3. The third kappa shape index (κ3) is 4.39. The van der Waals surface area contributed by atoms with E-state index in [0.717, 1.165) is 18.0 Å². The molecule has 0 radical (unpaired) electrons. The van der Waals surface area contributed by atoms with Crippen LogP contribution in [-0.4, -0.2) is 33.8 Å². The zero-order valence-corrected chi connectivity index (χ0v) is 18.2. The lowest BCUT2D eigenvalue weighted by Gasteiger charge is -2.10. The van der Waals surface area contributed by atoms with Crippen molar-refractivity contribution in [2.45, 2.75) is 0 Å². The smallest absolute Gasteiger partial charge is 0.328 e. The zero-order chi connectivity index (χ0) is 23.0. The monoisotopic (exact) mass is 457 g/mol. The normalized spacial score (nSPS) is 11.5. The molecule has 0 spiro atoms. The molecule has 0 saturated carbocycles. The summed E-state index contributed by atoms with van der Waals surface area (Å²) in [4.78, 5) is 20.2. The molecule has 2 aromatic heterocycles. The van der Waals surface area contributed by atoms with Crippen LogP contribution in [0.25, 0.3) is 11.0 Å². The number of benzene rings is 2. The highest BCUT2D eigenvalue weighted by Gasteiger charge is 2.11. The van der Waals surface area contributed by atoms with Crippen LogP contribution >= 0.6 is 0 Å². The topological polar surface area (TPSA) is 123 Å². The highest BCUT2D eigenvalue weighted by Crippen LogP contribution is 2.24. The second-order valence-electron chi connectivity index (χ2n) is 7.20. The molecule has 2 heterocycles. The maximum absolute atomic E-state index is 14.3. The molecule has 0 aliphatic heterocycles. The molecule has 4 rings (SSSR count). The van der Waals surface area contributed by atoms with Gasteiger partial charge >= 0.3 is 5.69 Å². The second kappa shape index (κ2) is 7.96. The molecule has 0 atom stereocenters. The van der Waals surface area contributed by atoms with E-state index in [1.807, 2.05) is 0 Å². The van der Waals surface area contributed by atoms with E-state index in [9.17, 15) is 17.6 Å². The summed E-state index contributed by atoms with van der Waals surface area (Å²) in [5.41, 5.74) is 2.84. The van der Waals surface area contributed by atoms with E-state index in [1.54, 1.807) is 56.6 Å². The maximum atomic E-state index is 14.3. The van der Waals surface area contributed by atoms with Crippen LogP contribution in [0.5, 0.6) is 0 Å². The minimum atomic E-state index is -3.37. The number of fused-ring (bicyclic) bond motifs is 1. The van der Waals surface area contributed by atoms with Crippen LogP contribution in [0.1, 0.15) is 0 Å². The Balaban J connectivity index is 1.56. The first-order chi connectivity index (χ1) is 15.1. The van der Waals surface area contributed by atoms with Crippen molar-refractivity contribution >= 4 is 49.9 Å². The van der Waals surface area contributed by atoms with Crippen LogP contribution in [0, 0.1) is 5.82 Å². The van der Waals surface area contributed by atoms with Gasteiger partial charge in [-0.2, -0.15) is 4.98 Å². The molecule has 3 N–H and O–H groups in total. The average molecular weight is 457 g/mol. The number of hydrogen-bond donors (Lipinski definition) is 3. The molecule has 2 aromatic carbocycles. The van der Waals surface area contributed by atoms with E-state index >= 15 is 0 Å². The minimum absolute atomic E-state index is 0.0434. The van der Waals surface area contributed by atoms with Gasteiger partial charge in [-0.15, -0.1) is 0 Å². The van der Waals surface area contributed by atoms with Gasteiger partial charge in [-0.25, -0.2) is 22.6 Å². The van der Waals surface area contributed by atoms with E-state index in [4.69, 9.17) is 0 Å². The molecule has 10 nitrogen and oxygen atoms in total. The van der Waals surface area contributed by atoms with Crippen LogP contribution in [0.3, 0.4) is 0 Å². The fourth-order valence-electron chi connectivity index (χ4n) is 3.20. The Morgan fingerprint density at radius 1 is 0.906 bits per heavy atom. The van der Waals surface area contributed by atoms with Crippen molar-refractivity contribution in [3.8, 4) is 0 Å². The highest BCUT2D eigenvalue weighted by atomic mass is 32.2. The Bertz CT molecular complexity index is 1480. The number of aromatic nitrogens is 4. The Kier molecular flexibility index (Phi) is 5.30. The minimum Gasteiger partial charge on any atom is -0.338 e. The number of sulfonamides is 1. The van der Waals surface area contributed by atoms with Gasteiger partial charge in [0.25, 0.3) is 0 Å². The molecule has 0 aliphatic rings. The number of imidazole rings is 1. The largest absolute Gasteiger partial charge is 0.338 e. The van der Waals surface area contributed by atoms with Gasteiger partial charge in [-0.1, -0.05) is 0 Å². The lowest BCUT2D eigenvalue weighted by atomic mass is 10.2. The van der Waals surface area contributed by atoms with Crippen LogP contribution in [0.2, 0.25) is 0 Å². The number of rotatable bonds is 6. The predicted octanol–water partition coefficient (Wildman–Crippen LogP) is 2.66. The molecule has 0 fully saturated rings. The van der Waals surface area contributed by atoms with E-state index in [0.29, 0.717) is 22.6 Å². The molecule has 32 heavy (non-hydrogen) atoms. The molecular weight excluding hydrogens is 437 g/mol. The van der Waals surface area contributed by atoms with Crippen molar-refractivity contribution < 1.29 is 12.8 Å². The van der Waals surface area contributed by atoms with E-state index in [-0.39, 0.29) is 17.5 Å². The van der Waals surface area contributed by atoms with Crippen molar-refractivity contribution in [1.29, 1.82) is 0 Å². The molecular formula is C20H20FN7O3S. The standard InChI is InChI=1S/C20H20FN7O3S/c1-27-16-9-8-14(10-17(16)28(2)20(27)29)23-18-15(21)11-22-19(25-18)24-12-4-6-13(7-5-12)26-32(3,30)31/h4-11,26H,1-3H3,(H2,22,23,24,25). The summed E-state index contributed by atoms with van der Waals surface area (Å²) in [7, 11) is -0.0227. The summed E-state index contributed by atoms with van der Waals surface area (Å²) in [6.45, 7) is 0. The van der Waals surface area contributed by atoms with Crippen molar-refractivity contribution in [1.82, 2.24) is 19.1 Å². The number of hydrogen-bond acceptors (Lipinski definition) is 7. The summed E-state index contributed by atoms with van der Waals surface area (Å²) >= 11 is 0. The van der Waals surface area contributed by atoms with Gasteiger partial charge in [-0.3, -0.25) is 13.9 Å². The van der Waals surface area contributed by atoms with Crippen LogP contribution < -0.4 is 21.0 Å². The van der Waals surface area contributed by atoms with Crippen molar-refractivity contribution in [3.05, 3.63) is 65.0 Å². The first-order valence-electron chi connectivity index (χ1n) is 9.40. The Morgan fingerprint density at radius 2 is 1.53 bits per heavy atom. The number of nitrogens with zero attached hydrogens (tertiary/aromatic N) is 4. The average Bonchev–Trinajstić information content (AvgIpc) is 2.95. The second-order valence-corrected chi connectivity index (χ2v) is 8.94. The van der Waals surface area contributed by atoms with Gasteiger partial charge in [0, 0.05) is 31.2 Å². The van der Waals surface area contributed by atoms with Crippen LogP contribution in [0.4, 0.5) is 33.2 Å². The lowest BCUT2D eigenvalue weighted by Crippen LogP contribution is -2.19. The van der Waals surface area contributed by atoms with Gasteiger partial charge in [0.1, 0.15) is 0 Å². The summed E-state index contributed by atoms with van der Waals surface area (Å²) in [5, 5.41) is 5.86. The number of halogens is 1. The van der Waals surface area contributed by atoms with E-state index in [2.05, 4.69) is 25.3 Å². The van der Waals surface area contributed by atoms with E-state index in [1.165, 1.54) is 9.13 Å². The summed E-state index contributed by atoms with van der Waals surface area (Å²) in [6, 6.07) is 11.7. The van der Waals surface area contributed by atoms with Crippen molar-refractivity contribution in [3.63, 3.8) is 0 Å². The number of anilines is 5. The molecule has 0 saturated heterocycles. The van der Waals surface area contributed by atoms with Gasteiger partial charge in [-0.05, 0) is 42.5 Å². The summed E-state index contributed by atoms with van der Waals surface area (Å²) < 4.78 is 42.3. The molecule has 0 amide bonds. The molecule has 0 aliphatic carbocycles. The highest BCUT2D eigenvalue weighted by molar-refractivity contribution is 7.92. The molecule has 0 unspecified atom stereocenters. The quantitative estimate of drug-likeness (QED) is 0.407. The molecule has 166 valence electrons. The summed E-state index contributed by atoms with van der Waals surface area (Å²) in [6.07, 6.45) is 2.10. The Labute approximate surface area is 182 Å². The van der Waals surface area contributed by atoms with Gasteiger partial charge in [0.2, 0.25) is 16.0 Å². The summed E-state index contributed by atoms with van der Waals surface area (Å²) in [5.74, 6) is -0.547. The Hall–Kier alpha value is -3.93. The molecule has 4 aromatic rings. The SMILES string of the molecule is Cn1c(=O)n(C)c2cc(Nc3nc(Nc4ccc(NS(C)(=O)=O)cc4)ncc3F)ccc21. The third-order valence-electron chi connectivity index (χ3n) is 4.72. The van der Waals surface area contributed by atoms with Crippen LogP contribution in [-0.2, 0) is 24.1 Å². The van der Waals surface area contributed by atoms with Crippen LogP contribution in [0.15, 0.2) is 53.5 Å². The first kappa shape index (κ1) is 21.3. The van der Waals surface area contributed by atoms with Crippen molar-refractivity contribution in [2.24, 2.45) is 14.1 Å². The Morgan fingerprint density at radius 3 is 2.22 bits per heavy atom. The third-order valence-corrected chi connectivity index (χ3v) is 5.33.